The first kappa shape index (κ1) is 17.8. The first-order chi connectivity index (χ1) is 12.6. The number of nitriles is 1. The molecule has 136 valence electrons. The molecular weight excluding hydrogens is 330 g/mol. The number of methoxy groups -OCH3 is 1. The second kappa shape index (κ2) is 7.91. The first-order valence-corrected chi connectivity index (χ1v) is 8.75. The lowest BCUT2D eigenvalue weighted by molar-refractivity contribution is 0.176. The number of carbonyl (C=O) groups is 1. The van der Waals surface area contributed by atoms with Crippen molar-refractivity contribution in [2.45, 2.75) is 25.8 Å². The number of ether oxygens (including phenoxy) is 1. The molecule has 2 aromatic rings. The third-order valence-corrected chi connectivity index (χ3v) is 4.74. The van der Waals surface area contributed by atoms with Gasteiger partial charge < -0.3 is 15.0 Å². The Kier molecular flexibility index (Phi) is 5.42. The van der Waals surface area contributed by atoms with E-state index >= 15 is 0 Å². The Morgan fingerprint density at radius 3 is 2.81 bits per heavy atom. The van der Waals surface area contributed by atoms with Gasteiger partial charge in [0.25, 0.3) is 0 Å². The first-order valence-electron chi connectivity index (χ1n) is 8.75. The molecule has 0 aliphatic carbocycles. The molecule has 1 fully saturated rings. The third kappa shape index (κ3) is 3.80. The fourth-order valence-electron chi connectivity index (χ4n) is 3.08. The molecule has 3 rings (SSSR count). The van der Waals surface area contributed by atoms with Crippen LogP contribution in [0.4, 0.5) is 4.79 Å². The maximum absolute atomic E-state index is 12.4. The number of benzene rings is 1. The molecule has 1 aliphatic heterocycles. The van der Waals surface area contributed by atoms with E-state index in [0.717, 1.165) is 29.8 Å². The smallest absolute Gasteiger partial charge is 0.317 e. The average molecular weight is 353 g/mol. The van der Waals surface area contributed by atoms with Crippen LogP contribution in [0.3, 0.4) is 0 Å². The van der Waals surface area contributed by atoms with Gasteiger partial charge in [-0.2, -0.15) is 10.4 Å². The highest BCUT2D eigenvalue weighted by molar-refractivity contribution is 5.74. The minimum atomic E-state index is -0.167. The van der Waals surface area contributed by atoms with Gasteiger partial charge in [-0.25, -0.2) is 9.48 Å². The van der Waals surface area contributed by atoms with E-state index in [1.54, 1.807) is 22.9 Å². The molecule has 1 atom stereocenters. The molecule has 0 bridgehead atoms. The summed E-state index contributed by atoms with van der Waals surface area (Å²) < 4.78 is 7.12. The Bertz CT molecular complexity index is 802. The summed E-state index contributed by atoms with van der Waals surface area (Å²) in [5.74, 6) is 0.801. The van der Waals surface area contributed by atoms with Crippen LogP contribution in [0.2, 0.25) is 0 Å². The predicted octanol–water partition coefficient (Wildman–Crippen LogP) is 2.89. The van der Waals surface area contributed by atoms with Crippen LogP contribution < -0.4 is 10.1 Å². The number of aromatic nitrogens is 2. The minimum absolute atomic E-state index is 0.0653. The topological polar surface area (TPSA) is 83.2 Å². The Labute approximate surface area is 153 Å². The molecule has 1 aliphatic rings. The van der Waals surface area contributed by atoms with Crippen molar-refractivity contribution in [2.24, 2.45) is 5.92 Å². The van der Waals surface area contributed by atoms with E-state index in [4.69, 9.17) is 10.00 Å². The number of amides is 2. The van der Waals surface area contributed by atoms with Gasteiger partial charge >= 0.3 is 6.03 Å². The summed E-state index contributed by atoms with van der Waals surface area (Å²) in [7, 11) is 1.63. The molecule has 7 heteroatoms. The number of nitrogens with zero attached hydrogens (tertiary/aromatic N) is 4. The second-order valence-electron chi connectivity index (χ2n) is 6.45. The van der Waals surface area contributed by atoms with Crippen molar-refractivity contribution < 1.29 is 9.53 Å². The van der Waals surface area contributed by atoms with Crippen molar-refractivity contribution in [1.82, 2.24) is 20.0 Å². The summed E-state index contributed by atoms with van der Waals surface area (Å²) in [6, 6.07) is 9.66. The van der Waals surface area contributed by atoms with E-state index in [1.165, 1.54) is 0 Å². The van der Waals surface area contributed by atoms with Crippen LogP contribution in [-0.2, 0) is 0 Å². The van der Waals surface area contributed by atoms with Crippen LogP contribution >= 0.6 is 0 Å². The molecule has 0 spiro atoms. The normalized spacial score (nSPS) is 16.0. The van der Waals surface area contributed by atoms with E-state index in [9.17, 15) is 4.79 Å². The fraction of sp³-hybridized carbons (Fsp3) is 0.421. The van der Waals surface area contributed by atoms with Gasteiger partial charge in [-0.1, -0.05) is 12.1 Å². The van der Waals surface area contributed by atoms with Crippen molar-refractivity contribution >= 4 is 6.03 Å². The summed E-state index contributed by atoms with van der Waals surface area (Å²) >= 11 is 0. The lowest BCUT2D eigenvalue weighted by atomic mass is 9.99. The number of urea groups is 1. The molecule has 7 nitrogen and oxygen atoms in total. The number of carbonyl (C=O) groups excluding carboxylic acids is 1. The van der Waals surface area contributed by atoms with E-state index in [2.05, 4.69) is 16.5 Å². The number of para-hydroxylation sites is 2. The molecule has 0 radical (unpaired) electrons. The summed E-state index contributed by atoms with van der Waals surface area (Å²) in [6.45, 7) is 3.18. The molecule has 1 aromatic carbocycles. The molecular formula is C19H23N5O2. The highest BCUT2D eigenvalue weighted by atomic mass is 16.5. The van der Waals surface area contributed by atoms with Gasteiger partial charge in [0.05, 0.1) is 25.4 Å². The van der Waals surface area contributed by atoms with Gasteiger partial charge in [0.1, 0.15) is 11.4 Å². The SMILES string of the molecule is COc1ccccc1-n1cc(C(C)NC(=O)N2CCC(C#N)CC2)cn1. The summed E-state index contributed by atoms with van der Waals surface area (Å²) in [6.07, 6.45) is 5.12. The van der Waals surface area contributed by atoms with Crippen molar-refractivity contribution in [2.75, 3.05) is 20.2 Å². The Balaban J connectivity index is 1.64. The van der Waals surface area contributed by atoms with E-state index in [-0.39, 0.29) is 18.0 Å². The Morgan fingerprint density at radius 2 is 2.12 bits per heavy atom. The molecule has 1 N–H and O–H groups in total. The maximum Gasteiger partial charge on any atom is 0.317 e. The maximum atomic E-state index is 12.4. The molecule has 1 aromatic heterocycles. The van der Waals surface area contributed by atoms with Gasteiger partial charge in [-0.05, 0) is 31.9 Å². The van der Waals surface area contributed by atoms with E-state index in [0.29, 0.717) is 13.1 Å². The molecule has 26 heavy (non-hydrogen) atoms. The molecule has 1 unspecified atom stereocenters. The quantitative estimate of drug-likeness (QED) is 0.916. The van der Waals surface area contributed by atoms with Crippen LogP contribution in [0.25, 0.3) is 5.69 Å². The van der Waals surface area contributed by atoms with Gasteiger partial charge in [-0.3, -0.25) is 0 Å². The number of rotatable bonds is 4. The summed E-state index contributed by atoms with van der Waals surface area (Å²) in [5.41, 5.74) is 1.76. The van der Waals surface area contributed by atoms with E-state index < -0.39 is 0 Å². The minimum Gasteiger partial charge on any atom is -0.494 e. The summed E-state index contributed by atoms with van der Waals surface area (Å²) in [4.78, 5) is 14.2. The van der Waals surface area contributed by atoms with Crippen LogP contribution in [0.15, 0.2) is 36.7 Å². The molecule has 0 saturated carbocycles. The standard InChI is InChI=1S/C19H23N5O2/c1-14(22-19(25)23-9-7-15(11-20)8-10-23)16-12-21-24(13-16)17-5-3-4-6-18(17)26-2/h3-6,12-15H,7-10H2,1-2H3,(H,22,25). The number of hydrogen-bond donors (Lipinski definition) is 1. The van der Waals surface area contributed by atoms with E-state index in [1.807, 2.05) is 37.4 Å². The van der Waals surface area contributed by atoms with Crippen LogP contribution in [0, 0.1) is 17.2 Å². The highest BCUT2D eigenvalue weighted by Gasteiger charge is 2.24. The Morgan fingerprint density at radius 1 is 1.38 bits per heavy atom. The Hall–Kier alpha value is -3.01. The number of hydrogen-bond acceptors (Lipinski definition) is 4. The van der Waals surface area contributed by atoms with Gasteiger partial charge in [0, 0.05) is 30.8 Å². The zero-order chi connectivity index (χ0) is 18.5. The van der Waals surface area contributed by atoms with Crippen molar-refractivity contribution in [1.29, 1.82) is 5.26 Å². The molecule has 2 amide bonds. The number of piperidine rings is 1. The predicted molar refractivity (Wildman–Crippen MR) is 97.0 cm³/mol. The second-order valence-corrected chi connectivity index (χ2v) is 6.45. The van der Waals surface area contributed by atoms with Crippen molar-refractivity contribution in [3.63, 3.8) is 0 Å². The number of likely N-dealkylation sites (tertiary alicyclic amines) is 1. The van der Waals surface area contributed by atoms with Crippen molar-refractivity contribution in [3.05, 3.63) is 42.2 Å². The zero-order valence-electron chi connectivity index (χ0n) is 15.1. The van der Waals surface area contributed by atoms with Gasteiger partial charge in [0.15, 0.2) is 0 Å². The van der Waals surface area contributed by atoms with Crippen LogP contribution in [0.1, 0.15) is 31.4 Å². The highest BCUT2D eigenvalue weighted by Crippen LogP contribution is 2.23. The fourth-order valence-corrected chi connectivity index (χ4v) is 3.08. The van der Waals surface area contributed by atoms with Gasteiger partial charge in [0.2, 0.25) is 0 Å². The van der Waals surface area contributed by atoms with Crippen molar-refractivity contribution in [3.8, 4) is 17.5 Å². The third-order valence-electron chi connectivity index (χ3n) is 4.74. The monoisotopic (exact) mass is 353 g/mol. The zero-order valence-corrected chi connectivity index (χ0v) is 15.1. The lowest BCUT2D eigenvalue weighted by Crippen LogP contribution is -2.45. The molecule has 1 saturated heterocycles. The average Bonchev–Trinajstić information content (AvgIpc) is 3.18. The molecule has 2 heterocycles. The number of nitrogens with one attached hydrogen (secondary N) is 1. The van der Waals surface area contributed by atoms with Crippen LogP contribution in [-0.4, -0.2) is 40.9 Å². The lowest BCUT2D eigenvalue weighted by Gasteiger charge is -2.30. The largest absolute Gasteiger partial charge is 0.494 e. The van der Waals surface area contributed by atoms with Gasteiger partial charge in [-0.15, -0.1) is 0 Å². The van der Waals surface area contributed by atoms with Crippen LogP contribution in [0.5, 0.6) is 5.75 Å². The summed E-state index contributed by atoms with van der Waals surface area (Å²) in [5, 5.41) is 16.4.